The van der Waals surface area contributed by atoms with Crippen LogP contribution in [-0.2, 0) is 6.54 Å². The van der Waals surface area contributed by atoms with Crippen LogP contribution in [0.2, 0.25) is 0 Å². The third-order valence-corrected chi connectivity index (χ3v) is 6.66. The van der Waals surface area contributed by atoms with Gasteiger partial charge in [-0.3, -0.25) is 4.57 Å². The summed E-state index contributed by atoms with van der Waals surface area (Å²) < 4.78 is 17.7. The van der Waals surface area contributed by atoms with Gasteiger partial charge in [0, 0.05) is 37.1 Å². The first-order chi connectivity index (χ1) is 15.7. The molecule has 1 N–H and O–H groups in total. The average molecular weight is 429 g/mol. The van der Waals surface area contributed by atoms with Crippen molar-refractivity contribution in [3.8, 4) is 28.3 Å². The topological polar surface area (TPSA) is 50.9 Å². The second-order valence-electron chi connectivity index (χ2n) is 8.74. The second-order valence-corrected chi connectivity index (χ2v) is 8.74. The summed E-state index contributed by atoms with van der Waals surface area (Å²) in [5.41, 5.74) is 6.66. The van der Waals surface area contributed by atoms with Crippen LogP contribution in [0.1, 0.15) is 12.0 Å². The number of nitrogens with zero attached hydrogens (tertiary/aromatic N) is 5. The number of halogens is 1. The van der Waals surface area contributed by atoms with Crippen molar-refractivity contribution in [3.63, 3.8) is 0 Å². The van der Waals surface area contributed by atoms with Gasteiger partial charge in [-0.25, -0.2) is 4.39 Å². The van der Waals surface area contributed by atoms with E-state index in [4.69, 9.17) is 0 Å². The molecule has 0 radical (unpaired) electrons. The van der Waals surface area contributed by atoms with Crippen molar-refractivity contribution >= 4 is 5.69 Å². The van der Waals surface area contributed by atoms with Gasteiger partial charge < -0.3 is 14.8 Å². The first-order valence-electron chi connectivity index (χ1n) is 11.1. The molecule has 0 bridgehead atoms. The lowest BCUT2D eigenvalue weighted by Crippen LogP contribution is -2.24. The third kappa shape index (κ3) is 3.20. The molecule has 1 saturated heterocycles. The molecule has 4 aromatic rings. The van der Waals surface area contributed by atoms with E-state index in [1.54, 1.807) is 6.33 Å². The molecule has 6 nitrogen and oxygen atoms in total. The zero-order valence-corrected chi connectivity index (χ0v) is 18.0. The Morgan fingerprint density at radius 1 is 1.09 bits per heavy atom. The summed E-state index contributed by atoms with van der Waals surface area (Å²) in [6, 6.07) is 15.5. The van der Waals surface area contributed by atoms with Crippen LogP contribution in [0.5, 0.6) is 0 Å². The molecule has 1 atom stereocenters. The number of fused-ring (bicyclic) bond motifs is 5. The molecule has 2 aromatic carbocycles. The Labute approximate surface area is 186 Å². The molecule has 162 valence electrons. The Hall–Kier alpha value is -3.45. The van der Waals surface area contributed by atoms with Crippen LogP contribution in [0.15, 0.2) is 61.1 Å². The van der Waals surface area contributed by atoms with E-state index in [2.05, 4.69) is 60.0 Å². The van der Waals surface area contributed by atoms with Crippen molar-refractivity contribution in [2.75, 3.05) is 31.6 Å². The summed E-state index contributed by atoms with van der Waals surface area (Å²) >= 11 is 0. The number of hydrogen-bond acceptors (Lipinski definition) is 4. The summed E-state index contributed by atoms with van der Waals surface area (Å²) in [6.07, 6.45) is 5.13. The predicted molar refractivity (Wildman–Crippen MR) is 124 cm³/mol. The first-order valence-corrected chi connectivity index (χ1v) is 11.1. The fourth-order valence-corrected chi connectivity index (χ4v) is 5.05. The van der Waals surface area contributed by atoms with Gasteiger partial charge in [-0.2, -0.15) is 0 Å². The number of rotatable bonds is 4. The normalized spacial score (nSPS) is 17.1. The summed E-state index contributed by atoms with van der Waals surface area (Å²) in [4.78, 5) is 2.49. The Morgan fingerprint density at radius 2 is 1.97 bits per heavy atom. The molecule has 0 spiro atoms. The van der Waals surface area contributed by atoms with Gasteiger partial charge in [-0.1, -0.05) is 12.1 Å². The Balaban J connectivity index is 1.39. The molecule has 1 fully saturated rings. The van der Waals surface area contributed by atoms with Crippen molar-refractivity contribution in [2.24, 2.45) is 5.92 Å². The van der Waals surface area contributed by atoms with Gasteiger partial charge in [0.25, 0.3) is 0 Å². The van der Waals surface area contributed by atoms with Crippen LogP contribution in [-0.4, -0.2) is 46.0 Å². The number of benzene rings is 2. The van der Waals surface area contributed by atoms with E-state index in [-0.39, 0.29) is 5.82 Å². The zero-order valence-electron chi connectivity index (χ0n) is 18.0. The minimum absolute atomic E-state index is 0.227. The monoisotopic (exact) mass is 428 g/mol. The molecular formula is C25H25FN6. The Bertz CT molecular complexity index is 1270. The molecule has 2 aliphatic rings. The Kier molecular flexibility index (Phi) is 4.57. The van der Waals surface area contributed by atoms with Crippen molar-refractivity contribution in [2.45, 2.75) is 13.0 Å². The standard InChI is InChI=1S/C25H25FN6/c1-27-12-17-8-9-30(13-17)22-6-7-23-20(10-22)15-31-14-19(18-2-4-21(26)5-3-18)11-24(31)25-29-28-16-32(23)25/h2-7,10-11,14,16-17,27H,8-9,12-13,15H2,1H3/t17-/m1/s1. The maximum atomic E-state index is 13.4. The van der Waals surface area contributed by atoms with E-state index < -0.39 is 0 Å². The van der Waals surface area contributed by atoms with Gasteiger partial charge in [-0.15, -0.1) is 10.2 Å². The van der Waals surface area contributed by atoms with E-state index in [0.29, 0.717) is 5.92 Å². The third-order valence-electron chi connectivity index (χ3n) is 6.66. The number of nitrogens with one attached hydrogen (secondary N) is 1. The molecule has 2 aliphatic heterocycles. The molecule has 0 saturated carbocycles. The highest BCUT2D eigenvalue weighted by Gasteiger charge is 2.25. The largest absolute Gasteiger partial charge is 0.371 e. The number of hydrogen-bond donors (Lipinski definition) is 1. The minimum Gasteiger partial charge on any atom is -0.371 e. The predicted octanol–water partition coefficient (Wildman–Crippen LogP) is 3.95. The maximum absolute atomic E-state index is 13.4. The fourth-order valence-electron chi connectivity index (χ4n) is 5.05. The summed E-state index contributed by atoms with van der Waals surface area (Å²) in [5.74, 6) is 1.28. The van der Waals surface area contributed by atoms with Gasteiger partial charge in [0.1, 0.15) is 12.1 Å². The molecule has 4 heterocycles. The van der Waals surface area contributed by atoms with Crippen LogP contribution < -0.4 is 10.2 Å². The molecular weight excluding hydrogens is 403 g/mol. The highest BCUT2D eigenvalue weighted by atomic mass is 19.1. The summed E-state index contributed by atoms with van der Waals surface area (Å²) in [6.45, 7) is 3.98. The molecule has 32 heavy (non-hydrogen) atoms. The van der Waals surface area contributed by atoms with Gasteiger partial charge in [-0.05, 0) is 73.5 Å². The average Bonchev–Trinajstić information content (AvgIpc) is 3.53. The second kappa shape index (κ2) is 7.60. The lowest BCUT2D eigenvalue weighted by atomic mass is 10.1. The molecule has 7 heteroatoms. The van der Waals surface area contributed by atoms with Gasteiger partial charge in [0.15, 0.2) is 5.82 Å². The Morgan fingerprint density at radius 3 is 2.81 bits per heavy atom. The van der Waals surface area contributed by atoms with Crippen molar-refractivity contribution in [1.82, 2.24) is 24.6 Å². The van der Waals surface area contributed by atoms with Crippen LogP contribution in [0, 0.1) is 11.7 Å². The lowest BCUT2D eigenvalue weighted by Gasteiger charge is -2.21. The van der Waals surface area contributed by atoms with Crippen molar-refractivity contribution in [1.29, 1.82) is 0 Å². The fraction of sp³-hybridized carbons (Fsp3) is 0.280. The van der Waals surface area contributed by atoms with Crippen LogP contribution in [0.3, 0.4) is 0 Å². The summed E-state index contributed by atoms with van der Waals surface area (Å²) in [7, 11) is 2.02. The zero-order chi connectivity index (χ0) is 21.7. The molecule has 0 amide bonds. The van der Waals surface area contributed by atoms with E-state index in [0.717, 1.165) is 54.5 Å². The van der Waals surface area contributed by atoms with Crippen LogP contribution in [0.25, 0.3) is 28.3 Å². The van der Waals surface area contributed by atoms with Crippen LogP contribution >= 0.6 is 0 Å². The van der Waals surface area contributed by atoms with Gasteiger partial charge in [0.05, 0.1) is 11.4 Å². The van der Waals surface area contributed by atoms with Crippen molar-refractivity contribution < 1.29 is 4.39 Å². The van der Waals surface area contributed by atoms with Gasteiger partial charge >= 0.3 is 0 Å². The smallest absolute Gasteiger partial charge is 0.185 e. The lowest BCUT2D eigenvalue weighted by molar-refractivity contribution is 0.549. The minimum atomic E-state index is -0.227. The van der Waals surface area contributed by atoms with E-state index in [1.165, 1.54) is 29.8 Å². The molecule has 2 aromatic heterocycles. The number of anilines is 1. The van der Waals surface area contributed by atoms with Gasteiger partial charge in [0.2, 0.25) is 0 Å². The molecule has 0 aliphatic carbocycles. The van der Waals surface area contributed by atoms with E-state index in [1.807, 2.05) is 19.2 Å². The highest BCUT2D eigenvalue weighted by Crippen LogP contribution is 2.35. The highest BCUT2D eigenvalue weighted by molar-refractivity contribution is 5.72. The van der Waals surface area contributed by atoms with Crippen molar-refractivity contribution in [3.05, 3.63) is 72.4 Å². The number of aromatic nitrogens is 4. The van der Waals surface area contributed by atoms with Crippen LogP contribution in [0.4, 0.5) is 10.1 Å². The molecule has 6 rings (SSSR count). The quantitative estimate of drug-likeness (QED) is 0.471. The van der Waals surface area contributed by atoms with E-state index >= 15 is 0 Å². The SMILES string of the molecule is CNC[C@H]1CCN(c2ccc3c(c2)Cn2cc(-c4ccc(F)cc4)cc2-c2nncn2-3)C1. The summed E-state index contributed by atoms with van der Waals surface area (Å²) in [5, 5.41) is 11.9. The van der Waals surface area contributed by atoms with E-state index in [9.17, 15) is 4.39 Å². The maximum Gasteiger partial charge on any atom is 0.185 e. The molecule has 0 unspecified atom stereocenters. The first kappa shape index (κ1) is 19.3.